The smallest absolute Gasteiger partial charge is 0.383 e. The molecular formula is C12H27NO2Si. The lowest BCUT2D eigenvalue weighted by Crippen LogP contribution is -2.63. The van der Waals surface area contributed by atoms with Crippen molar-refractivity contribution in [1.82, 2.24) is 4.57 Å². The molecule has 1 rings (SSSR count). The molecule has 0 bridgehead atoms. The van der Waals surface area contributed by atoms with E-state index in [0.717, 1.165) is 13.2 Å². The number of hydrogen-bond acceptors (Lipinski definition) is 3. The molecule has 0 aromatic heterocycles. The van der Waals surface area contributed by atoms with Crippen LogP contribution in [-0.4, -0.2) is 38.6 Å². The highest BCUT2D eigenvalue weighted by atomic mass is 28.4. The summed E-state index contributed by atoms with van der Waals surface area (Å²) in [6.45, 7) is 12.4. The number of nitrogens with zero attached hydrogens (tertiary/aromatic N) is 1. The van der Waals surface area contributed by atoms with Crippen LogP contribution in [0.15, 0.2) is 0 Å². The van der Waals surface area contributed by atoms with Gasteiger partial charge >= 0.3 is 8.72 Å². The second-order valence-corrected chi connectivity index (χ2v) is 7.69. The van der Waals surface area contributed by atoms with Crippen LogP contribution in [0.1, 0.15) is 47.0 Å². The van der Waals surface area contributed by atoms with Crippen molar-refractivity contribution in [3.8, 4) is 0 Å². The molecule has 16 heavy (non-hydrogen) atoms. The quantitative estimate of drug-likeness (QED) is 0.695. The van der Waals surface area contributed by atoms with E-state index in [1.807, 2.05) is 0 Å². The summed E-state index contributed by atoms with van der Waals surface area (Å²) in [5, 5.41) is 0. The lowest BCUT2D eigenvalue weighted by Gasteiger charge is -2.47. The maximum atomic E-state index is 5.99. The van der Waals surface area contributed by atoms with Crippen LogP contribution >= 0.6 is 0 Å². The van der Waals surface area contributed by atoms with E-state index < -0.39 is 8.72 Å². The van der Waals surface area contributed by atoms with Gasteiger partial charge in [0.15, 0.2) is 0 Å². The fourth-order valence-corrected chi connectivity index (χ4v) is 6.26. The zero-order chi connectivity index (χ0) is 12.2. The molecule has 0 aliphatic carbocycles. The summed E-state index contributed by atoms with van der Waals surface area (Å²) in [5.41, 5.74) is 0. The molecule has 0 radical (unpaired) electrons. The highest BCUT2D eigenvalue weighted by Gasteiger charge is 2.45. The minimum Gasteiger partial charge on any atom is -0.383 e. The normalized spacial score (nSPS) is 28.3. The molecule has 0 N–H and O–H groups in total. The van der Waals surface area contributed by atoms with E-state index >= 15 is 0 Å². The Kier molecular flexibility index (Phi) is 5.44. The van der Waals surface area contributed by atoms with Gasteiger partial charge in [0.2, 0.25) is 0 Å². The van der Waals surface area contributed by atoms with Crippen molar-refractivity contribution >= 4 is 8.72 Å². The van der Waals surface area contributed by atoms with Crippen molar-refractivity contribution in [2.75, 3.05) is 13.2 Å². The Labute approximate surface area is 101 Å². The van der Waals surface area contributed by atoms with E-state index in [2.05, 4.69) is 38.8 Å². The minimum atomic E-state index is -2.14. The van der Waals surface area contributed by atoms with Gasteiger partial charge in [-0.1, -0.05) is 6.42 Å². The van der Waals surface area contributed by atoms with Crippen molar-refractivity contribution in [2.45, 2.75) is 65.6 Å². The third-order valence-corrected chi connectivity index (χ3v) is 6.96. The fourth-order valence-electron chi connectivity index (χ4n) is 2.95. The summed E-state index contributed by atoms with van der Waals surface area (Å²) in [5.74, 6) is 0. The van der Waals surface area contributed by atoms with Gasteiger partial charge in [0.05, 0.1) is 0 Å². The molecule has 1 fully saturated rings. The predicted molar refractivity (Wildman–Crippen MR) is 69.5 cm³/mol. The minimum absolute atomic E-state index is 0.596. The molecular weight excluding hydrogens is 218 g/mol. The lowest BCUT2D eigenvalue weighted by atomic mass is 10.0. The molecule has 2 unspecified atom stereocenters. The van der Waals surface area contributed by atoms with Crippen molar-refractivity contribution < 1.29 is 8.85 Å². The Hall–Kier alpha value is 0.0969. The van der Waals surface area contributed by atoms with Crippen molar-refractivity contribution in [1.29, 1.82) is 0 Å². The molecule has 4 heteroatoms. The van der Waals surface area contributed by atoms with Crippen LogP contribution in [0.4, 0.5) is 0 Å². The van der Waals surface area contributed by atoms with Gasteiger partial charge in [0, 0.05) is 25.3 Å². The first kappa shape index (κ1) is 14.2. The molecule has 1 aliphatic heterocycles. The SMILES string of the molecule is CCO[Si](C)(OCC)N1C(C)CCCC1C. The summed E-state index contributed by atoms with van der Waals surface area (Å²) >= 11 is 0. The van der Waals surface area contributed by atoms with Gasteiger partial charge < -0.3 is 8.85 Å². The summed E-state index contributed by atoms with van der Waals surface area (Å²) in [6, 6.07) is 1.19. The Morgan fingerprint density at radius 1 is 1.06 bits per heavy atom. The highest BCUT2D eigenvalue weighted by molar-refractivity contribution is 6.63. The first-order valence-electron chi connectivity index (χ1n) is 6.61. The highest BCUT2D eigenvalue weighted by Crippen LogP contribution is 2.29. The molecule has 1 heterocycles. The molecule has 1 saturated heterocycles. The van der Waals surface area contributed by atoms with Crippen LogP contribution in [0.5, 0.6) is 0 Å². The molecule has 0 saturated carbocycles. The summed E-state index contributed by atoms with van der Waals surface area (Å²) in [6.07, 6.45) is 3.88. The van der Waals surface area contributed by atoms with Crippen molar-refractivity contribution in [3.05, 3.63) is 0 Å². The van der Waals surface area contributed by atoms with Crippen LogP contribution in [0, 0.1) is 0 Å². The van der Waals surface area contributed by atoms with Crippen molar-refractivity contribution in [3.63, 3.8) is 0 Å². The summed E-state index contributed by atoms with van der Waals surface area (Å²) in [7, 11) is -2.14. The Morgan fingerprint density at radius 3 is 1.88 bits per heavy atom. The maximum absolute atomic E-state index is 5.99. The third kappa shape index (κ3) is 3.06. The standard InChI is InChI=1S/C12H27NO2Si/c1-6-14-16(5,15-7-2)13-11(3)9-8-10-12(13)4/h11-12H,6-10H2,1-5H3. The monoisotopic (exact) mass is 245 g/mol. The first-order valence-corrected chi connectivity index (χ1v) is 8.87. The third-order valence-electron chi connectivity index (χ3n) is 3.49. The van der Waals surface area contributed by atoms with E-state index in [-0.39, 0.29) is 0 Å². The van der Waals surface area contributed by atoms with E-state index in [4.69, 9.17) is 8.85 Å². The van der Waals surface area contributed by atoms with E-state index in [9.17, 15) is 0 Å². The molecule has 0 spiro atoms. The van der Waals surface area contributed by atoms with Gasteiger partial charge in [-0.3, -0.25) is 4.57 Å². The maximum Gasteiger partial charge on any atom is 0.424 e. The number of piperidine rings is 1. The predicted octanol–water partition coefficient (Wildman–Crippen LogP) is 2.89. The Morgan fingerprint density at radius 2 is 1.50 bits per heavy atom. The van der Waals surface area contributed by atoms with Gasteiger partial charge in [-0.15, -0.1) is 0 Å². The van der Waals surface area contributed by atoms with Gasteiger partial charge in [0.25, 0.3) is 0 Å². The topological polar surface area (TPSA) is 21.7 Å². The molecule has 96 valence electrons. The van der Waals surface area contributed by atoms with Crippen LogP contribution < -0.4 is 0 Å². The zero-order valence-electron chi connectivity index (χ0n) is 11.5. The molecule has 3 nitrogen and oxygen atoms in total. The van der Waals surface area contributed by atoms with Crippen LogP contribution in [0.25, 0.3) is 0 Å². The Balaban J connectivity index is 2.81. The molecule has 2 atom stereocenters. The van der Waals surface area contributed by atoms with Crippen LogP contribution in [-0.2, 0) is 8.85 Å². The lowest BCUT2D eigenvalue weighted by molar-refractivity contribution is 0.0703. The second kappa shape index (κ2) is 6.14. The molecule has 0 aromatic rings. The average Bonchev–Trinajstić information content (AvgIpc) is 2.17. The van der Waals surface area contributed by atoms with Gasteiger partial charge in [-0.2, -0.15) is 0 Å². The molecule has 0 amide bonds. The van der Waals surface area contributed by atoms with Gasteiger partial charge in [-0.05, 0) is 47.1 Å². The van der Waals surface area contributed by atoms with E-state index in [0.29, 0.717) is 12.1 Å². The van der Waals surface area contributed by atoms with E-state index in [1.54, 1.807) is 0 Å². The number of hydrogen-bond donors (Lipinski definition) is 0. The first-order chi connectivity index (χ1) is 7.55. The van der Waals surface area contributed by atoms with Crippen molar-refractivity contribution in [2.24, 2.45) is 0 Å². The second-order valence-electron chi connectivity index (χ2n) is 4.80. The molecule has 1 aliphatic rings. The van der Waals surface area contributed by atoms with E-state index in [1.165, 1.54) is 19.3 Å². The summed E-state index contributed by atoms with van der Waals surface area (Å²) < 4.78 is 14.5. The van der Waals surface area contributed by atoms with Gasteiger partial charge in [0.1, 0.15) is 0 Å². The Bertz CT molecular complexity index is 197. The fraction of sp³-hybridized carbons (Fsp3) is 1.00. The van der Waals surface area contributed by atoms with Gasteiger partial charge in [-0.25, -0.2) is 0 Å². The average molecular weight is 245 g/mol. The molecule has 0 aromatic carbocycles. The van der Waals surface area contributed by atoms with Crippen LogP contribution in [0.3, 0.4) is 0 Å². The van der Waals surface area contributed by atoms with Crippen LogP contribution in [0.2, 0.25) is 6.55 Å². The zero-order valence-corrected chi connectivity index (χ0v) is 12.5. The summed E-state index contributed by atoms with van der Waals surface area (Å²) in [4.78, 5) is 0. The largest absolute Gasteiger partial charge is 0.424 e. The number of rotatable bonds is 5.